The molecule has 2 aromatic rings. The molecule has 0 amide bonds. The van der Waals surface area contributed by atoms with Gasteiger partial charge in [-0.1, -0.05) is 43.5 Å². The average molecular weight is 424 g/mol. The predicted octanol–water partition coefficient (Wildman–Crippen LogP) is 6.74. The van der Waals surface area contributed by atoms with Gasteiger partial charge in [0, 0.05) is 47.4 Å². The van der Waals surface area contributed by atoms with Crippen molar-refractivity contribution in [3.05, 3.63) is 110 Å². The van der Waals surface area contributed by atoms with Crippen molar-refractivity contribution >= 4 is 29.0 Å². The molecule has 0 fully saturated rings. The van der Waals surface area contributed by atoms with Crippen LogP contribution in [-0.2, 0) is 0 Å². The van der Waals surface area contributed by atoms with Crippen molar-refractivity contribution in [2.75, 3.05) is 22.5 Å². The van der Waals surface area contributed by atoms with Gasteiger partial charge in [-0.25, -0.2) is 0 Å². The first-order valence-electron chi connectivity index (χ1n) is 10.3. The lowest BCUT2D eigenvalue weighted by Gasteiger charge is -2.13. The van der Waals surface area contributed by atoms with E-state index in [1.54, 1.807) is 18.5 Å². The molecule has 0 aliphatic rings. The molecule has 2 rings (SSSR count). The van der Waals surface area contributed by atoms with E-state index in [4.69, 9.17) is 5.26 Å². The van der Waals surface area contributed by atoms with Gasteiger partial charge in [-0.05, 0) is 61.0 Å². The third-order valence-electron chi connectivity index (χ3n) is 4.25. The molecule has 0 aromatic heterocycles. The summed E-state index contributed by atoms with van der Waals surface area (Å²) in [6.45, 7) is 10.4. The van der Waals surface area contributed by atoms with Crippen molar-refractivity contribution in [3.63, 3.8) is 0 Å². The molecule has 5 nitrogen and oxygen atoms in total. The van der Waals surface area contributed by atoms with Gasteiger partial charge in [0.05, 0.1) is 12.5 Å². The van der Waals surface area contributed by atoms with Crippen LogP contribution in [0.15, 0.2) is 109 Å². The molecule has 0 spiro atoms. The second-order valence-electron chi connectivity index (χ2n) is 6.71. The summed E-state index contributed by atoms with van der Waals surface area (Å²) < 4.78 is 0. The van der Waals surface area contributed by atoms with E-state index in [2.05, 4.69) is 40.2 Å². The number of nitrogens with zero attached hydrogens (tertiary/aromatic N) is 2. The van der Waals surface area contributed by atoms with Gasteiger partial charge in [0.15, 0.2) is 0 Å². The number of nitriles is 1. The fourth-order valence-electron chi connectivity index (χ4n) is 2.77. The first kappa shape index (κ1) is 24.0. The van der Waals surface area contributed by atoms with Crippen LogP contribution in [0, 0.1) is 11.3 Å². The van der Waals surface area contributed by atoms with Gasteiger partial charge in [0.2, 0.25) is 0 Å². The van der Waals surface area contributed by atoms with Crippen LogP contribution in [0.2, 0.25) is 0 Å². The van der Waals surface area contributed by atoms with Crippen molar-refractivity contribution in [2.45, 2.75) is 13.3 Å². The van der Waals surface area contributed by atoms with Gasteiger partial charge in [0.1, 0.15) is 0 Å². The Morgan fingerprint density at radius 1 is 1.09 bits per heavy atom. The lowest BCUT2D eigenvalue weighted by atomic mass is 10.1. The third-order valence-corrected chi connectivity index (χ3v) is 4.25. The standard InChI is InChI=1S/C27H29N5/c1-4-9-25(12-7-17-28)32-27-11-6-10-26(21-27)31-22(3)23-13-15-24(16-14-23)30-20-8-19-29-18-5-2/h4-6,8-16,18-19,21,30-32H,2-3,7,20H2,1H3/b9-4-,19-8-,25-12+,29-18-. The fraction of sp³-hybridized carbons (Fsp3) is 0.111. The number of aliphatic imine (C=N–C) groups is 1. The van der Waals surface area contributed by atoms with Crippen molar-refractivity contribution in [2.24, 2.45) is 4.99 Å². The molecular weight excluding hydrogens is 394 g/mol. The number of rotatable bonds is 12. The number of nitrogens with one attached hydrogen (secondary N) is 3. The Morgan fingerprint density at radius 2 is 1.84 bits per heavy atom. The second kappa shape index (κ2) is 13.8. The van der Waals surface area contributed by atoms with Crippen molar-refractivity contribution in [1.82, 2.24) is 0 Å². The first-order valence-corrected chi connectivity index (χ1v) is 10.3. The van der Waals surface area contributed by atoms with E-state index in [0.29, 0.717) is 13.0 Å². The van der Waals surface area contributed by atoms with Crippen LogP contribution < -0.4 is 16.0 Å². The molecule has 0 aliphatic carbocycles. The van der Waals surface area contributed by atoms with E-state index in [1.165, 1.54) is 0 Å². The number of benzene rings is 2. The normalized spacial score (nSPS) is 11.6. The van der Waals surface area contributed by atoms with Gasteiger partial charge in [-0.15, -0.1) is 0 Å². The predicted molar refractivity (Wildman–Crippen MR) is 139 cm³/mol. The molecular formula is C27H29N5. The van der Waals surface area contributed by atoms with Crippen molar-refractivity contribution in [1.29, 1.82) is 5.26 Å². The minimum atomic E-state index is 0.353. The fourth-order valence-corrected chi connectivity index (χ4v) is 2.77. The van der Waals surface area contributed by atoms with Crippen LogP contribution in [0.5, 0.6) is 0 Å². The summed E-state index contributed by atoms with van der Waals surface area (Å²) >= 11 is 0. The van der Waals surface area contributed by atoms with Crippen molar-refractivity contribution < 1.29 is 0 Å². The minimum Gasteiger partial charge on any atom is -0.382 e. The Balaban J connectivity index is 1.97. The number of hydrogen-bond donors (Lipinski definition) is 3. The molecule has 32 heavy (non-hydrogen) atoms. The monoisotopic (exact) mass is 423 g/mol. The van der Waals surface area contributed by atoms with Gasteiger partial charge in [0.25, 0.3) is 0 Å². The molecule has 0 heterocycles. The molecule has 0 aliphatic heterocycles. The maximum atomic E-state index is 8.82. The number of hydrogen-bond acceptors (Lipinski definition) is 5. The molecule has 0 atom stereocenters. The van der Waals surface area contributed by atoms with E-state index in [9.17, 15) is 0 Å². The lowest BCUT2D eigenvalue weighted by molar-refractivity contribution is 1.31. The quantitative estimate of drug-likeness (QED) is 0.261. The number of anilines is 3. The summed E-state index contributed by atoms with van der Waals surface area (Å²) in [6.07, 6.45) is 13.0. The van der Waals surface area contributed by atoms with Gasteiger partial charge < -0.3 is 16.0 Å². The van der Waals surface area contributed by atoms with Crippen molar-refractivity contribution in [3.8, 4) is 6.07 Å². The SMILES string of the molecule is C=C/C=N\C=C/CNc1ccc(C(=C)Nc2cccc(NC(/C=C\C)=C/CC#N)c2)cc1. The third kappa shape index (κ3) is 8.60. The maximum absolute atomic E-state index is 8.82. The average Bonchev–Trinajstić information content (AvgIpc) is 2.80. The summed E-state index contributed by atoms with van der Waals surface area (Å²) in [4.78, 5) is 4.04. The van der Waals surface area contributed by atoms with E-state index in [-0.39, 0.29) is 0 Å². The maximum Gasteiger partial charge on any atom is 0.0664 e. The highest BCUT2D eigenvalue weighted by molar-refractivity contribution is 5.77. The molecule has 5 heteroatoms. The first-order chi connectivity index (χ1) is 15.7. The number of allylic oxidation sites excluding steroid dienone is 4. The van der Waals surface area contributed by atoms with E-state index in [1.807, 2.05) is 79.8 Å². The molecule has 0 saturated carbocycles. The molecule has 0 unspecified atom stereocenters. The molecule has 0 radical (unpaired) electrons. The highest BCUT2D eigenvalue weighted by atomic mass is 14.9. The van der Waals surface area contributed by atoms with Crippen LogP contribution in [-0.4, -0.2) is 12.8 Å². The molecule has 162 valence electrons. The largest absolute Gasteiger partial charge is 0.382 e. The van der Waals surface area contributed by atoms with Gasteiger partial charge in [-0.3, -0.25) is 4.99 Å². The highest BCUT2D eigenvalue weighted by Gasteiger charge is 2.02. The van der Waals surface area contributed by atoms with Gasteiger partial charge in [-0.2, -0.15) is 5.26 Å². The Labute approximate surface area is 190 Å². The Bertz CT molecular complexity index is 1050. The van der Waals surface area contributed by atoms with E-state index < -0.39 is 0 Å². The zero-order valence-corrected chi connectivity index (χ0v) is 18.4. The Morgan fingerprint density at radius 3 is 2.53 bits per heavy atom. The highest BCUT2D eigenvalue weighted by Crippen LogP contribution is 2.22. The topological polar surface area (TPSA) is 72.2 Å². The van der Waals surface area contributed by atoms with Crippen LogP contribution in [0.25, 0.3) is 5.70 Å². The lowest BCUT2D eigenvalue weighted by Crippen LogP contribution is -2.01. The summed E-state index contributed by atoms with van der Waals surface area (Å²) in [6, 6.07) is 18.2. The molecule has 0 saturated heterocycles. The molecule has 2 aromatic carbocycles. The zero-order chi connectivity index (χ0) is 23.0. The van der Waals surface area contributed by atoms with E-state index in [0.717, 1.165) is 34.0 Å². The minimum absolute atomic E-state index is 0.353. The van der Waals surface area contributed by atoms with Crippen LogP contribution >= 0.6 is 0 Å². The zero-order valence-electron chi connectivity index (χ0n) is 18.4. The molecule has 0 bridgehead atoms. The van der Waals surface area contributed by atoms with Gasteiger partial charge >= 0.3 is 0 Å². The smallest absolute Gasteiger partial charge is 0.0664 e. The Hall–Kier alpha value is -4.30. The van der Waals surface area contributed by atoms with Crippen LogP contribution in [0.3, 0.4) is 0 Å². The molecule has 3 N–H and O–H groups in total. The Kier molecular flexibility index (Phi) is 10.4. The summed E-state index contributed by atoms with van der Waals surface area (Å²) in [5.74, 6) is 0. The summed E-state index contributed by atoms with van der Waals surface area (Å²) in [7, 11) is 0. The summed E-state index contributed by atoms with van der Waals surface area (Å²) in [5, 5.41) is 18.8. The van der Waals surface area contributed by atoms with Crippen LogP contribution in [0.1, 0.15) is 18.9 Å². The summed E-state index contributed by atoms with van der Waals surface area (Å²) in [5.41, 5.74) is 5.56. The van der Waals surface area contributed by atoms with Crippen LogP contribution in [0.4, 0.5) is 17.1 Å². The van der Waals surface area contributed by atoms with E-state index >= 15 is 0 Å². The second-order valence-corrected chi connectivity index (χ2v) is 6.71.